The zero-order valence-corrected chi connectivity index (χ0v) is 12.4. The zero-order valence-electron chi connectivity index (χ0n) is 12.4. The molecular formula is C15H22N2O4. The van der Waals surface area contributed by atoms with Crippen LogP contribution in [0.1, 0.15) is 37.2 Å². The largest absolute Gasteiger partial charge is 0.459 e. The summed E-state index contributed by atoms with van der Waals surface area (Å²) < 4.78 is 10.5. The van der Waals surface area contributed by atoms with Crippen LogP contribution < -0.4 is 10.6 Å². The SMILES string of the molecule is CC(C)[C@@H](NC(=O)c1ccco1)C(=O)NC[C@@H]1CCCO1. The lowest BCUT2D eigenvalue weighted by Gasteiger charge is -2.22. The summed E-state index contributed by atoms with van der Waals surface area (Å²) in [4.78, 5) is 24.2. The molecule has 6 heteroatoms. The lowest BCUT2D eigenvalue weighted by Crippen LogP contribution is -2.50. The van der Waals surface area contributed by atoms with E-state index in [0.717, 1.165) is 19.4 Å². The van der Waals surface area contributed by atoms with E-state index in [0.29, 0.717) is 6.54 Å². The number of nitrogens with one attached hydrogen (secondary N) is 2. The Morgan fingerprint density at radius 3 is 2.81 bits per heavy atom. The van der Waals surface area contributed by atoms with Crippen LogP contribution in [0, 0.1) is 5.92 Å². The molecule has 2 amide bonds. The van der Waals surface area contributed by atoms with E-state index in [1.165, 1.54) is 6.26 Å². The van der Waals surface area contributed by atoms with Crippen LogP contribution in [0.5, 0.6) is 0 Å². The van der Waals surface area contributed by atoms with Gasteiger partial charge in [0.2, 0.25) is 5.91 Å². The number of carbonyl (C=O) groups excluding carboxylic acids is 2. The van der Waals surface area contributed by atoms with E-state index in [4.69, 9.17) is 9.15 Å². The number of hydrogen-bond donors (Lipinski definition) is 2. The van der Waals surface area contributed by atoms with E-state index in [9.17, 15) is 9.59 Å². The number of amides is 2. The van der Waals surface area contributed by atoms with Gasteiger partial charge in [-0.3, -0.25) is 9.59 Å². The van der Waals surface area contributed by atoms with Gasteiger partial charge in [-0.25, -0.2) is 0 Å². The number of ether oxygens (including phenoxy) is 1. The molecule has 1 aromatic heterocycles. The first-order chi connectivity index (χ1) is 10.1. The Morgan fingerprint density at radius 1 is 1.43 bits per heavy atom. The van der Waals surface area contributed by atoms with Crippen molar-refractivity contribution < 1.29 is 18.7 Å². The van der Waals surface area contributed by atoms with Crippen molar-refractivity contribution in [3.05, 3.63) is 24.2 Å². The minimum absolute atomic E-state index is 0.0200. The molecule has 0 unspecified atom stereocenters. The van der Waals surface area contributed by atoms with E-state index in [1.807, 2.05) is 13.8 Å². The Kier molecular flexibility index (Phi) is 5.38. The number of rotatable bonds is 6. The fourth-order valence-electron chi connectivity index (χ4n) is 2.28. The topological polar surface area (TPSA) is 80.6 Å². The first-order valence-corrected chi connectivity index (χ1v) is 7.31. The van der Waals surface area contributed by atoms with Crippen molar-refractivity contribution in [3.63, 3.8) is 0 Å². The van der Waals surface area contributed by atoms with Crippen LogP contribution in [0.4, 0.5) is 0 Å². The molecule has 1 fully saturated rings. The van der Waals surface area contributed by atoms with Crippen LogP contribution in [0.25, 0.3) is 0 Å². The Balaban J connectivity index is 1.88. The van der Waals surface area contributed by atoms with Crippen LogP contribution in [-0.2, 0) is 9.53 Å². The van der Waals surface area contributed by atoms with E-state index in [-0.39, 0.29) is 29.6 Å². The van der Waals surface area contributed by atoms with Crippen molar-refractivity contribution in [3.8, 4) is 0 Å². The van der Waals surface area contributed by atoms with Gasteiger partial charge in [-0.2, -0.15) is 0 Å². The van der Waals surface area contributed by atoms with Gasteiger partial charge in [-0.15, -0.1) is 0 Å². The molecule has 1 aromatic rings. The Bertz CT molecular complexity index is 464. The van der Waals surface area contributed by atoms with Crippen molar-refractivity contribution >= 4 is 11.8 Å². The molecule has 6 nitrogen and oxygen atoms in total. The van der Waals surface area contributed by atoms with Gasteiger partial charge < -0.3 is 19.8 Å². The van der Waals surface area contributed by atoms with Gasteiger partial charge in [-0.05, 0) is 30.9 Å². The molecule has 0 spiro atoms. The van der Waals surface area contributed by atoms with Gasteiger partial charge in [0, 0.05) is 13.2 Å². The highest BCUT2D eigenvalue weighted by Gasteiger charge is 2.26. The number of furan rings is 1. The summed E-state index contributed by atoms with van der Waals surface area (Å²) in [6.45, 7) is 5.01. The van der Waals surface area contributed by atoms with Crippen LogP contribution in [0.15, 0.2) is 22.8 Å². The van der Waals surface area contributed by atoms with Gasteiger partial charge in [0.05, 0.1) is 12.4 Å². The molecular weight excluding hydrogens is 272 g/mol. The van der Waals surface area contributed by atoms with Gasteiger partial charge in [0.15, 0.2) is 5.76 Å². The van der Waals surface area contributed by atoms with Gasteiger partial charge in [0.25, 0.3) is 5.91 Å². The van der Waals surface area contributed by atoms with Crippen molar-refractivity contribution in [2.75, 3.05) is 13.2 Å². The van der Waals surface area contributed by atoms with Gasteiger partial charge in [0.1, 0.15) is 6.04 Å². The molecule has 1 aliphatic rings. The fraction of sp³-hybridized carbons (Fsp3) is 0.600. The van der Waals surface area contributed by atoms with E-state index >= 15 is 0 Å². The quantitative estimate of drug-likeness (QED) is 0.829. The standard InChI is InChI=1S/C15H22N2O4/c1-10(2)13(17-14(18)12-6-4-8-21-12)15(19)16-9-11-5-3-7-20-11/h4,6,8,10-11,13H,3,5,7,9H2,1-2H3,(H,16,19)(H,17,18)/t11-,13+/m0/s1. The summed E-state index contributed by atoms with van der Waals surface area (Å²) in [5.74, 6) is -0.396. The first-order valence-electron chi connectivity index (χ1n) is 7.31. The van der Waals surface area contributed by atoms with Crippen LogP contribution >= 0.6 is 0 Å². The Labute approximate surface area is 124 Å². The molecule has 0 radical (unpaired) electrons. The van der Waals surface area contributed by atoms with Gasteiger partial charge >= 0.3 is 0 Å². The summed E-state index contributed by atoms with van der Waals surface area (Å²) in [5.41, 5.74) is 0. The summed E-state index contributed by atoms with van der Waals surface area (Å²) >= 11 is 0. The molecule has 116 valence electrons. The van der Waals surface area contributed by atoms with Gasteiger partial charge in [-0.1, -0.05) is 13.8 Å². The second-order valence-electron chi connectivity index (χ2n) is 5.55. The normalized spacial score (nSPS) is 19.5. The predicted octanol–water partition coefficient (Wildman–Crippen LogP) is 1.33. The van der Waals surface area contributed by atoms with E-state index in [1.54, 1.807) is 12.1 Å². The highest BCUT2D eigenvalue weighted by molar-refractivity contribution is 5.95. The summed E-state index contributed by atoms with van der Waals surface area (Å²) in [7, 11) is 0. The van der Waals surface area contributed by atoms with Crippen molar-refractivity contribution in [1.29, 1.82) is 0 Å². The van der Waals surface area contributed by atoms with Crippen LogP contribution in [0.3, 0.4) is 0 Å². The number of hydrogen-bond acceptors (Lipinski definition) is 4. The highest BCUT2D eigenvalue weighted by atomic mass is 16.5. The van der Waals surface area contributed by atoms with E-state index < -0.39 is 6.04 Å². The van der Waals surface area contributed by atoms with E-state index in [2.05, 4.69) is 10.6 Å². The lowest BCUT2D eigenvalue weighted by molar-refractivity contribution is -0.124. The Morgan fingerprint density at radius 2 is 2.24 bits per heavy atom. The molecule has 2 rings (SSSR count). The number of carbonyl (C=O) groups is 2. The average Bonchev–Trinajstić information content (AvgIpc) is 3.13. The van der Waals surface area contributed by atoms with Crippen molar-refractivity contribution in [1.82, 2.24) is 10.6 Å². The molecule has 1 saturated heterocycles. The summed E-state index contributed by atoms with van der Waals surface area (Å²) in [5, 5.41) is 5.56. The second-order valence-corrected chi connectivity index (χ2v) is 5.55. The van der Waals surface area contributed by atoms with Crippen LogP contribution in [-0.4, -0.2) is 37.1 Å². The maximum absolute atomic E-state index is 12.2. The highest BCUT2D eigenvalue weighted by Crippen LogP contribution is 2.11. The summed E-state index contributed by atoms with van der Waals surface area (Å²) in [6, 6.07) is 2.61. The second kappa shape index (κ2) is 7.26. The first kappa shape index (κ1) is 15.6. The average molecular weight is 294 g/mol. The fourth-order valence-corrected chi connectivity index (χ4v) is 2.28. The third kappa shape index (κ3) is 4.32. The molecule has 0 aromatic carbocycles. The monoisotopic (exact) mass is 294 g/mol. The third-order valence-corrected chi connectivity index (χ3v) is 3.51. The van der Waals surface area contributed by atoms with Crippen molar-refractivity contribution in [2.45, 2.75) is 38.8 Å². The smallest absolute Gasteiger partial charge is 0.287 e. The third-order valence-electron chi connectivity index (χ3n) is 3.51. The van der Waals surface area contributed by atoms with Crippen LogP contribution in [0.2, 0.25) is 0 Å². The minimum Gasteiger partial charge on any atom is -0.459 e. The zero-order chi connectivity index (χ0) is 15.2. The maximum atomic E-state index is 12.2. The molecule has 2 heterocycles. The maximum Gasteiger partial charge on any atom is 0.287 e. The molecule has 2 atom stereocenters. The molecule has 0 bridgehead atoms. The Hall–Kier alpha value is -1.82. The predicted molar refractivity (Wildman–Crippen MR) is 76.8 cm³/mol. The molecule has 0 saturated carbocycles. The summed E-state index contributed by atoms with van der Waals surface area (Å²) in [6.07, 6.45) is 3.51. The van der Waals surface area contributed by atoms with Crippen molar-refractivity contribution in [2.24, 2.45) is 5.92 Å². The lowest BCUT2D eigenvalue weighted by atomic mass is 10.0. The molecule has 21 heavy (non-hydrogen) atoms. The molecule has 2 N–H and O–H groups in total. The molecule has 0 aliphatic carbocycles. The molecule has 1 aliphatic heterocycles. The minimum atomic E-state index is -0.594.